The van der Waals surface area contributed by atoms with Gasteiger partial charge in [0, 0.05) is 5.56 Å². The summed E-state index contributed by atoms with van der Waals surface area (Å²) in [6.07, 6.45) is 2.54. The number of hydrogen-bond acceptors (Lipinski definition) is 5. The standard InChI is InChI=1S/C14H14F2N4O3/c1-14(13(22)23-2,10-5-9(15)3-4-11(10)16)19-12(21)6-20-8-17-7-18-20/h3-5,7-8H,6H2,1-2H3,(H,19,21)/t14-/m1/s1. The Hall–Kier alpha value is -2.84. The van der Waals surface area contributed by atoms with E-state index in [0.29, 0.717) is 0 Å². The van der Waals surface area contributed by atoms with Crippen molar-refractivity contribution >= 4 is 11.9 Å². The largest absolute Gasteiger partial charge is 0.467 e. The first kappa shape index (κ1) is 16.5. The number of amides is 1. The summed E-state index contributed by atoms with van der Waals surface area (Å²) in [7, 11) is 1.08. The van der Waals surface area contributed by atoms with Gasteiger partial charge >= 0.3 is 5.97 Å². The van der Waals surface area contributed by atoms with Crippen LogP contribution in [0.2, 0.25) is 0 Å². The van der Waals surface area contributed by atoms with Gasteiger partial charge in [0.1, 0.15) is 30.8 Å². The molecule has 1 heterocycles. The lowest BCUT2D eigenvalue weighted by Crippen LogP contribution is -2.51. The van der Waals surface area contributed by atoms with Gasteiger partial charge in [-0.25, -0.2) is 23.2 Å². The van der Waals surface area contributed by atoms with Crippen molar-refractivity contribution in [3.05, 3.63) is 48.1 Å². The molecule has 0 radical (unpaired) electrons. The zero-order valence-electron chi connectivity index (χ0n) is 12.4. The van der Waals surface area contributed by atoms with Crippen LogP contribution in [0.5, 0.6) is 0 Å². The van der Waals surface area contributed by atoms with Gasteiger partial charge in [0.15, 0.2) is 5.54 Å². The number of methoxy groups -OCH3 is 1. The lowest BCUT2D eigenvalue weighted by Gasteiger charge is -2.28. The zero-order chi connectivity index (χ0) is 17.0. The second-order valence-corrected chi connectivity index (χ2v) is 4.88. The summed E-state index contributed by atoms with van der Waals surface area (Å²) in [5.74, 6) is -3.18. The molecule has 2 aromatic rings. The molecule has 7 nitrogen and oxygen atoms in total. The van der Waals surface area contributed by atoms with E-state index in [1.807, 2.05) is 0 Å². The van der Waals surface area contributed by atoms with Gasteiger partial charge in [-0.2, -0.15) is 5.10 Å². The molecule has 0 saturated carbocycles. The molecule has 1 aromatic heterocycles. The molecule has 122 valence electrons. The number of esters is 1. The van der Waals surface area contributed by atoms with Gasteiger partial charge in [-0.05, 0) is 25.1 Å². The predicted molar refractivity (Wildman–Crippen MR) is 73.9 cm³/mol. The first-order chi connectivity index (χ1) is 10.9. The summed E-state index contributed by atoms with van der Waals surface area (Å²) in [6.45, 7) is 0.986. The van der Waals surface area contributed by atoms with Crippen molar-refractivity contribution < 1.29 is 23.1 Å². The average Bonchev–Trinajstić information content (AvgIpc) is 3.01. The van der Waals surface area contributed by atoms with Crippen LogP contribution in [0.15, 0.2) is 30.9 Å². The Bertz CT molecular complexity index is 721. The van der Waals surface area contributed by atoms with E-state index in [1.165, 1.54) is 24.3 Å². The van der Waals surface area contributed by atoms with Gasteiger partial charge in [-0.1, -0.05) is 0 Å². The topological polar surface area (TPSA) is 86.1 Å². The molecule has 0 aliphatic rings. The molecule has 1 atom stereocenters. The van der Waals surface area contributed by atoms with Crippen LogP contribution in [0.25, 0.3) is 0 Å². The van der Waals surface area contributed by atoms with Gasteiger partial charge in [0.25, 0.3) is 0 Å². The van der Waals surface area contributed by atoms with Gasteiger partial charge in [-0.15, -0.1) is 0 Å². The maximum absolute atomic E-state index is 14.0. The third-order valence-electron chi connectivity index (χ3n) is 3.22. The van der Waals surface area contributed by atoms with Crippen LogP contribution < -0.4 is 5.32 Å². The van der Waals surface area contributed by atoms with Crippen LogP contribution in [0, 0.1) is 11.6 Å². The Morgan fingerprint density at radius 2 is 2.13 bits per heavy atom. The second-order valence-electron chi connectivity index (χ2n) is 4.88. The van der Waals surface area contributed by atoms with Crippen molar-refractivity contribution in [3.8, 4) is 0 Å². The number of hydrogen-bond donors (Lipinski definition) is 1. The molecule has 0 bridgehead atoms. The lowest BCUT2D eigenvalue weighted by atomic mass is 9.91. The number of carbonyl (C=O) groups is 2. The van der Waals surface area contributed by atoms with Crippen LogP contribution in [0.3, 0.4) is 0 Å². The number of rotatable bonds is 5. The minimum Gasteiger partial charge on any atom is -0.467 e. The molecular weight excluding hydrogens is 310 g/mol. The van der Waals surface area contributed by atoms with Crippen molar-refractivity contribution in [2.24, 2.45) is 0 Å². The highest BCUT2D eigenvalue weighted by molar-refractivity contribution is 5.88. The van der Waals surface area contributed by atoms with E-state index in [9.17, 15) is 18.4 Å². The van der Waals surface area contributed by atoms with E-state index in [4.69, 9.17) is 0 Å². The molecule has 0 aliphatic carbocycles. The van der Waals surface area contributed by atoms with Crippen LogP contribution in [0.1, 0.15) is 12.5 Å². The quantitative estimate of drug-likeness (QED) is 0.821. The van der Waals surface area contributed by atoms with Crippen molar-refractivity contribution in [2.75, 3.05) is 7.11 Å². The Kier molecular flexibility index (Phi) is 4.68. The molecular formula is C14H14F2N4O3. The summed E-state index contributed by atoms with van der Waals surface area (Å²) >= 11 is 0. The summed E-state index contributed by atoms with van der Waals surface area (Å²) in [5, 5.41) is 6.11. The Labute approximate surface area is 130 Å². The van der Waals surface area contributed by atoms with Gasteiger partial charge in [0.2, 0.25) is 5.91 Å². The first-order valence-corrected chi connectivity index (χ1v) is 6.54. The molecule has 0 spiro atoms. The Morgan fingerprint density at radius 1 is 1.39 bits per heavy atom. The molecule has 23 heavy (non-hydrogen) atoms. The number of nitrogens with zero attached hydrogens (tertiary/aromatic N) is 3. The van der Waals surface area contributed by atoms with Crippen LogP contribution in [-0.4, -0.2) is 33.8 Å². The average molecular weight is 324 g/mol. The number of nitrogens with one attached hydrogen (secondary N) is 1. The molecule has 1 amide bonds. The molecule has 9 heteroatoms. The molecule has 1 N–H and O–H groups in total. The van der Waals surface area contributed by atoms with Crippen molar-refractivity contribution in [2.45, 2.75) is 19.0 Å². The first-order valence-electron chi connectivity index (χ1n) is 6.54. The fraction of sp³-hybridized carbons (Fsp3) is 0.286. The zero-order valence-corrected chi connectivity index (χ0v) is 12.4. The SMILES string of the molecule is COC(=O)[C@](C)(NC(=O)Cn1cncn1)c1cc(F)ccc1F. The number of carbonyl (C=O) groups excluding carboxylic acids is 2. The number of ether oxygens (including phenoxy) is 1. The van der Waals surface area contributed by atoms with Crippen molar-refractivity contribution in [1.29, 1.82) is 0 Å². The van der Waals surface area contributed by atoms with E-state index in [0.717, 1.165) is 25.3 Å². The molecule has 0 aliphatic heterocycles. The highest BCUT2D eigenvalue weighted by atomic mass is 19.1. The Balaban J connectivity index is 2.33. The predicted octanol–water partition coefficient (Wildman–Crippen LogP) is 0.761. The number of benzene rings is 1. The molecule has 0 fully saturated rings. The van der Waals surface area contributed by atoms with E-state index in [-0.39, 0.29) is 12.1 Å². The van der Waals surface area contributed by atoms with Crippen LogP contribution >= 0.6 is 0 Å². The number of halogens is 2. The normalized spacial score (nSPS) is 13.2. The van der Waals surface area contributed by atoms with E-state index < -0.39 is 29.0 Å². The second kappa shape index (κ2) is 6.51. The maximum atomic E-state index is 14.0. The summed E-state index contributed by atoms with van der Waals surface area (Å²) in [6, 6.07) is 2.62. The fourth-order valence-corrected chi connectivity index (χ4v) is 2.09. The minimum atomic E-state index is -1.89. The lowest BCUT2D eigenvalue weighted by molar-refractivity contribution is -0.151. The smallest absolute Gasteiger partial charge is 0.336 e. The molecule has 0 saturated heterocycles. The molecule has 1 aromatic carbocycles. The summed E-state index contributed by atoms with van der Waals surface area (Å²) in [4.78, 5) is 27.8. The van der Waals surface area contributed by atoms with Crippen molar-refractivity contribution in [1.82, 2.24) is 20.1 Å². The monoisotopic (exact) mass is 324 g/mol. The number of aromatic nitrogens is 3. The molecule has 0 unspecified atom stereocenters. The fourth-order valence-electron chi connectivity index (χ4n) is 2.09. The third-order valence-corrected chi connectivity index (χ3v) is 3.22. The third kappa shape index (κ3) is 3.50. The van der Waals surface area contributed by atoms with Crippen LogP contribution in [-0.2, 0) is 26.4 Å². The van der Waals surface area contributed by atoms with E-state index in [2.05, 4.69) is 20.1 Å². The van der Waals surface area contributed by atoms with Crippen LogP contribution in [0.4, 0.5) is 8.78 Å². The summed E-state index contributed by atoms with van der Waals surface area (Å²) < 4.78 is 33.3. The van der Waals surface area contributed by atoms with E-state index in [1.54, 1.807) is 0 Å². The van der Waals surface area contributed by atoms with Gasteiger partial charge in [0.05, 0.1) is 7.11 Å². The minimum absolute atomic E-state index is 0.247. The van der Waals surface area contributed by atoms with Gasteiger partial charge < -0.3 is 10.1 Å². The Morgan fingerprint density at radius 3 is 2.74 bits per heavy atom. The van der Waals surface area contributed by atoms with Crippen molar-refractivity contribution in [3.63, 3.8) is 0 Å². The molecule has 2 rings (SSSR count). The summed E-state index contributed by atoms with van der Waals surface area (Å²) in [5.41, 5.74) is -2.23. The maximum Gasteiger partial charge on any atom is 0.336 e. The highest BCUT2D eigenvalue weighted by Crippen LogP contribution is 2.26. The van der Waals surface area contributed by atoms with Gasteiger partial charge in [-0.3, -0.25) is 4.79 Å². The highest BCUT2D eigenvalue weighted by Gasteiger charge is 2.40. The van der Waals surface area contributed by atoms with E-state index >= 15 is 0 Å².